The van der Waals surface area contributed by atoms with Gasteiger partial charge in [0.1, 0.15) is 5.82 Å². The first kappa shape index (κ1) is 14.5. The first-order chi connectivity index (χ1) is 8.99. The zero-order valence-electron chi connectivity index (χ0n) is 11.2. The van der Waals surface area contributed by atoms with Gasteiger partial charge in [0, 0.05) is 12.6 Å². The molecule has 1 N–H and O–H groups in total. The van der Waals surface area contributed by atoms with Crippen molar-refractivity contribution >= 4 is 34.9 Å². The lowest BCUT2D eigenvalue weighted by atomic mass is 10.1. The molecule has 0 aliphatic heterocycles. The van der Waals surface area contributed by atoms with Gasteiger partial charge in [-0.05, 0) is 30.6 Å². The van der Waals surface area contributed by atoms with E-state index >= 15 is 0 Å². The summed E-state index contributed by atoms with van der Waals surface area (Å²) in [6, 6.07) is 3.04. The van der Waals surface area contributed by atoms with Crippen molar-refractivity contribution in [1.82, 2.24) is 9.55 Å². The normalized spacial score (nSPS) is 11.6. The molecule has 2 rings (SSSR count). The summed E-state index contributed by atoms with van der Waals surface area (Å²) in [5, 5.41) is 0.137. The Morgan fingerprint density at radius 1 is 1.37 bits per heavy atom. The van der Waals surface area contributed by atoms with Crippen LogP contribution in [-0.4, -0.2) is 9.55 Å². The van der Waals surface area contributed by atoms with Crippen molar-refractivity contribution < 1.29 is 4.39 Å². The molecule has 5 heteroatoms. The molecule has 104 valence electrons. The van der Waals surface area contributed by atoms with Crippen LogP contribution in [0.15, 0.2) is 12.1 Å². The highest BCUT2D eigenvalue weighted by molar-refractivity contribution is 7.71. The Morgan fingerprint density at radius 3 is 2.79 bits per heavy atom. The lowest BCUT2D eigenvalue weighted by Gasteiger charge is -2.06. The summed E-state index contributed by atoms with van der Waals surface area (Å²) in [5.74, 6) is 0.303. The fraction of sp³-hybridized carbons (Fsp3) is 0.500. The van der Waals surface area contributed by atoms with Crippen molar-refractivity contribution in [2.24, 2.45) is 5.92 Å². The molecule has 0 amide bonds. The zero-order valence-corrected chi connectivity index (χ0v) is 12.7. The van der Waals surface area contributed by atoms with Gasteiger partial charge in [0.25, 0.3) is 0 Å². The van der Waals surface area contributed by atoms with Crippen molar-refractivity contribution in [1.29, 1.82) is 0 Å². The van der Waals surface area contributed by atoms with Gasteiger partial charge < -0.3 is 9.55 Å². The van der Waals surface area contributed by atoms with Gasteiger partial charge in [0.05, 0.1) is 16.1 Å². The smallest absolute Gasteiger partial charge is 0.178 e. The van der Waals surface area contributed by atoms with E-state index in [9.17, 15) is 4.39 Å². The van der Waals surface area contributed by atoms with Crippen LogP contribution in [0.3, 0.4) is 0 Å². The molecule has 0 radical (unpaired) electrons. The SMILES string of the molecule is CC(C)CCCCn1c(=S)[nH]c2cc(F)c(Cl)cc21. The molecule has 0 saturated carbocycles. The molecule has 1 aromatic heterocycles. The van der Waals surface area contributed by atoms with E-state index < -0.39 is 5.82 Å². The van der Waals surface area contributed by atoms with E-state index in [2.05, 4.69) is 18.8 Å². The number of rotatable bonds is 5. The van der Waals surface area contributed by atoms with Crippen molar-refractivity contribution in [2.45, 2.75) is 39.7 Å². The molecule has 0 unspecified atom stereocenters. The molecular weight excluding hydrogens is 283 g/mol. The molecule has 2 nitrogen and oxygen atoms in total. The van der Waals surface area contributed by atoms with Crippen LogP contribution in [0, 0.1) is 16.5 Å². The summed E-state index contributed by atoms with van der Waals surface area (Å²) in [4.78, 5) is 3.02. The fourth-order valence-corrected chi connectivity index (χ4v) is 2.65. The third-order valence-electron chi connectivity index (χ3n) is 3.23. The number of H-pyrrole nitrogens is 1. The number of hydrogen-bond donors (Lipinski definition) is 1. The molecule has 1 heterocycles. The lowest BCUT2D eigenvalue weighted by molar-refractivity contribution is 0.511. The third kappa shape index (κ3) is 3.37. The molecule has 0 aliphatic carbocycles. The number of imidazole rings is 1. The van der Waals surface area contributed by atoms with Gasteiger partial charge in [0.2, 0.25) is 0 Å². The van der Waals surface area contributed by atoms with E-state index in [1.165, 1.54) is 18.9 Å². The van der Waals surface area contributed by atoms with Gasteiger partial charge in [-0.15, -0.1) is 0 Å². The van der Waals surface area contributed by atoms with Crippen molar-refractivity contribution in [3.05, 3.63) is 27.7 Å². The number of aryl methyl sites for hydroxylation is 1. The summed E-state index contributed by atoms with van der Waals surface area (Å²) in [6.07, 6.45) is 3.44. The fourth-order valence-electron chi connectivity index (χ4n) is 2.20. The minimum absolute atomic E-state index is 0.137. The van der Waals surface area contributed by atoms with E-state index in [0.717, 1.165) is 24.4 Å². The summed E-state index contributed by atoms with van der Waals surface area (Å²) in [6.45, 7) is 5.29. The minimum atomic E-state index is -0.419. The summed E-state index contributed by atoms with van der Waals surface area (Å²) in [5.41, 5.74) is 1.58. The minimum Gasteiger partial charge on any atom is -0.330 e. The van der Waals surface area contributed by atoms with E-state index in [1.54, 1.807) is 6.07 Å². The van der Waals surface area contributed by atoms with E-state index in [-0.39, 0.29) is 5.02 Å². The van der Waals surface area contributed by atoms with Gasteiger partial charge in [-0.1, -0.05) is 38.3 Å². The largest absolute Gasteiger partial charge is 0.330 e. The topological polar surface area (TPSA) is 20.7 Å². The maximum absolute atomic E-state index is 13.4. The Hall–Kier alpha value is -0.870. The monoisotopic (exact) mass is 300 g/mol. The van der Waals surface area contributed by atoms with Crippen LogP contribution in [0.1, 0.15) is 33.1 Å². The second-order valence-corrected chi connectivity index (χ2v) is 6.05. The second kappa shape index (κ2) is 6.06. The summed E-state index contributed by atoms with van der Waals surface area (Å²) >= 11 is 11.1. The van der Waals surface area contributed by atoms with Crippen LogP contribution < -0.4 is 0 Å². The van der Waals surface area contributed by atoms with Crippen LogP contribution in [0.25, 0.3) is 11.0 Å². The Bertz CT molecular complexity index is 630. The van der Waals surface area contributed by atoms with Gasteiger partial charge in [-0.25, -0.2) is 4.39 Å². The van der Waals surface area contributed by atoms with Crippen LogP contribution in [-0.2, 0) is 6.54 Å². The molecule has 0 saturated heterocycles. The number of nitrogens with one attached hydrogen (secondary N) is 1. The van der Waals surface area contributed by atoms with Crippen LogP contribution in [0.5, 0.6) is 0 Å². The molecule has 0 aliphatic rings. The summed E-state index contributed by atoms with van der Waals surface area (Å²) < 4.78 is 16.0. The number of hydrogen-bond acceptors (Lipinski definition) is 1. The molecule has 0 bridgehead atoms. The predicted molar refractivity (Wildman–Crippen MR) is 80.8 cm³/mol. The number of unbranched alkanes of at least 4 members (excludes halogenated alkanes) is 1. The van der Waals surface area contributed by atoms with Crippen molar-refractivity contribution in [2.75, 3.05) is 0 Å². The number of fused-ring (bicyclic) bond motifs is 1. The zero-order chi connectivity index (χ0) is 14.0. The van der Waals surface area contributed by atoms with E-state index in [0.29, 0.717) is 10.3 Å². The summed E-state index contributed by atoms with van der Waals surface area (Å²) in [7, 11) is 0. The van der Waals surface area contributed by atoms with Crippen LogP contribution >= 0.6 is 23.8 Å². The highest BCUT2D eigenvalue weighted by Crippen LogP contribution is 2.23. The Morgan fingerprint density at radius 2 is 2.11 bits per heavy atom. The lowest BCUT2D eigenvalue weighted by Crippen LogP contribution is -1.99. The number of aromatic amines is 1. The molecule has 0 fully saturated rings. The number of nitrogens with zero attached hydrogens (tertiary/aromatic N) is 1. The van der Waals surface area contributed by atoms with Gasteiger partial charge in [0.15, 0.2) is 4.77 Å². The Labute approximate surface area is 122 Å². The molecule has 0 spiro atoms. The Kier molecular flexibility index (Phi) is 4.63. The van der Waals surface area contributed by atoms with E-state index in [4.69, 9.17) is 23.8 Å². The molecule has 2 aromatic rings. The van der Waals surface area contributed by atoms with Crippen molar-refractivity contribution in [3.8, 4) is 0 Å². The number of aromatic nitrogens is 2. The highest BCUT2D eigenvalue weighted by Gasteiger charge is 2.08. The van der Waals surface area contributed by atoms with Crippen LogP contribution in [0.4, 0.5) is 4.39 Å². The third-order valence-corrected chi connectivity index (χ3v) is 3.84. The maximum atomic E-state index is 13.4. The van der Waals surface area contributed by atoms with E-state index in [1.807, 2.05) is 4.57 Å². The predicted octanol–water partition coefficient (Wildman–Crippen LogP) is 5.32. The van der Waals surface area contributed by atoms with Crippen LogP contribution in [0.2, 0.25) is 5.02 Å². The molecule has 1 aromatic carbocycles. The van der Waals surface area contributed by atoms with Crippen molar-refractivity contribution in [3.63, 3.8) is 0 Å². The first-order valence-corrected chi connectivity index (χ1v) is 7.35. The standard InChI is InChI=1S/C14H18ClFN2S/c1-9(2)5-3-4-6-18-13-7-10(15)11(16)8-12(13)17-14(18)19/h7-9H,3-6H2,1-2H3,(H,17,19). The molecular formula is C14H18ClFN2S. The average molecular weight is 301 g/mol. The average Bonchev–Trinajstić information content (AvgIpc) is 2.61. The van der Waals surface area contributed by atoms with Gasteiger partial charge in [-0.2, -0.15) is 0 Å². The molecule has 19 heavy (non-hydrogen) atoms. The van der Waals surface area contributed by atoms with Gasteiger partial charge in [-0.3, -0.25) is 0 Å². The maximum Gasteiger partial charge on any atom is 0.178 e. The number of benzene rings is 1. The number of halogens is 2. The van der Waals surface area contributed by atoms with Gasteiger partial charge >= 0.3 is 0 Å². The molecule has 0 atom stereocenters. The second-order valence-electron chi connectivity index (χ2n) is 5.25. The highest BCUT2D eigenvalue weighted by atomic mass is 35.5. The quantitative estimate of drug-likeness (QED) is 0.585. The first-order valence-electron chi connectivity index (χ1n) is 6.56. The Balaban J connectivity index is 2.20.